The summed E-state index contributed by atoms with van der Waals surface area (Å²) in [6.45, 7) is 0.528. The molecule has 2 aromatic carbocycles. The van der Waals surface area contributed by atoms with Gasteiger partial charge in [-0.05, 0) is 30.3 Å². The van der Waals surface area contributed by atoms with E-state index in [-0.39, 0.29) is 12.5 Å². The van der Waals surface area contributed by atoms with Crippen LogP contribution in [0.1, 0.15) is 20.7 Å². The molecule has 3 aromatic rings. The van der Waals surface area contributed by atoms with Crippen molar-refractivity contribution in [1.82, 2.24) is 9.97 Å². The third-order valence-electron chi connectivity index (χ3n) is 4.20. The van der Waals surface area contributed by atoms with Crippen LogP contribution in [0.3, 0.4) is 0 Å². The Labute approximate surface area is 186 Å². The monoisotopic (exact) mass is 455 g/mol. The van der Waals surface area contributed by atoms with Crippen LogP contribution in [0.2, 0.25) is 0 Å². The Morgan fingerprint density at radius 1 is 1.06 bits per heavy atom. The van der Waals surface area contributed by atoms with Crippen molar-refractivity contribution in [3.63, 3.8) is 0 Å². The molecule has 32 heavy (non-hydrogen) atoms. The molecular weight excluding hydrogens is 434 g/mol. The van der Waals surface area contributed by atoms with Crippen LogP contribution in [0.4, 0.5) is 5.82 Å². The third kappa shape index (κ3) is 6.96. The molecule has 0 aliphatic carbocycles. The lowest BCUT2D eigenvalue weighted by molar-refractivity contribution is 0.0292. The quantitative estimate of drug-likeness (QED) is 0.563. The summed E-state index contributed by atoms with van der Waals surface area (Å²) in [6, 6.07) is 19.0. The first kappa shape index (κ1) is 23.0. The van der Waals surface area contributed by atoms with E-state index in [9.17, 15) is 18.6 Å². The highest BCUT2D eigenvalue weighted by atomic mass is 32.2. The van der Waals surface area contributed by atoms with Crippen LogP contribution in [-0.4, -0.2) is 50.5 Å². The molecule has 1 amide bonds. The van der Waals surface area contributed by atoms with Gasteiger partial charge in [0.25, 0.3) is 5.91 Å². The van der Waals surface area contributed by atoms with Crippen LogP contribution >= 0.6 is 0 Å². The van der Waals surface area contributed by atoms with Crippen molar-refractivity contribution in [3.05, 3.63) is 94.5 Å². The molecule has 1 fully saturated rings. The van der Waals surface area contributed by atoms with E-state index < -0.39 is 27.9 Å². The fraction of sp³-hybridized carbons (Fsp3) is 0.182. The standard InChI is InChI=1S/C11H9N3O2.C11H12O4S/c15-10(8-4-2-1-3-5-8)13-9-6-7-12-11(16)14-9;12-11(9-4-2-1-3-5-9)15-8-10-14-6-7-16(10)13/h1-7H,(H2,12,13,14,15,16);1-5,10H,6-8H2/t;10-,16?/m.1/s1. The van der Waals surface area contributed by atoms with E-state index in [1.165, 1.54) is 12.3 Å². The number of nitrogens with zero attached hydrogens (tertiary/aromatic N) is 1. The van der Waals surface area contributed by atoms with Crippen molar-refractivity contribution in [2.24, 2.45) is 0 Å². The van der Waals surface area contributed by atoms with E-state index in [0.717, 1.165) is 0 Å². The van der Waals surface area contributed by atoms with Gasteiger partial charge in [0.1, 0.15) is 12.4 Å². The molecule has 4 rings (SSSR count). The molecule has 1 aliphatic heterocycles. The van der Waals surface area contributed by atoms with Crippen molar-refractivity contribution in [1.29, 1.82) is 0 Å². The van der Waals surface area contributed by atoms with Crippen molar-refractivity contribution in [2.75, 3.05) is 24.3 Å². The van der Waals surface area contributed by atoms with Crippen molar-refractivity contribution in [3.8, 4) is 0 Å². The third-order valence-corrected chi connectivity index (χ3v) is 5.63. The second-order valence-electron chi connectivity index (χ2n) is 6.46. The van der Waals surface area contributed by atoms with E-state index in [1.807, 2.05) is 12.1 Å². The second-order valence-corrected chi connectivity index (χ2v) is 8.15. The van der Waals surface area contributed by atoms with Gasteiger partial charge in [0.2, 0.25) is 0 Å². The van der Waals surface area contributed by atoms with Gasteiger partial charge in [0.15, 0.2) is 5.44 Å². The normalized spacial score (nSPS) is 17.0. The van der Waals surface area contributed by atoms with Gasteiger partial charge >= 0.3 is 11.7 Å². The van der Waals surface area contributed by atoms with E-state index in [4.69, 9.17) is 9.47 Å². The molecule has 166 valence electrons. The molecule has 0 saturated carbocycles. The summed E-state index contributed by atoms with van der Waals surface area (Å²) in [6.07, 6.45) is 1.33. The Kier molecular flexibility index (Phi) is 8.41. The first-order valence-electron chi connectivity index (χ1n) is 9.65. The number of hydrogen-bond donors (Lipinski definition) is 2. The number of nitrogens with one attached hydrogen (secondary N) is 2. The molecule has 0 bridgehead atoms. The molecule has 9 nitrogen and oxygen atoms in total. The fourth-order valence-corrected chi connectivity index (χ4v) is 3.61. The predicted octanol–water partition coefficient (Wildman–Crippen LogP) is 1.97. The lowest BCUT2D eigenvalue weighted by Crippen LogP contribution is -2.21. The Morgan fingerprint density at radius 3 is 2.31 bits per heavy atom. The number of aromatic nitrogens is 2. The average molecular weight is 455 g/mol. The first-order chi connectivity index (χ1) is 15.5. The van der Waals surface area contributed by atoms with Gasteiger partial charge in [-0.3, -0.25) is 14.0 Å². The molecule has 2 atom stereocenters. The van der Waals surface area contributed by atoms with Crippen LogP contribution in [0, 0.1) is 0 Å². The highest BCUT2D eigenvalue weighted by Gasteiger charge is 2.25. The van der Waals surface area contributed by atoms with E-state index in [2.05, 4.69) is 15.3 Å². The minimum absolute atomic E-state index is 0.0559. The molecule has 2 N–H and O–H groups in total. The van der Waals surface area contributed by atoms with E-state index in [1.54, 1.807) is 48.5 Å². The summed E-state index contributed by atoms with van der Waals surface area (Å²) in [5.41, 5.74) is 0.0602. The summed E-state index contributed by atoms with van der Waals surface area (Å²) >= 11 is 0. The zero-order valence-electron chi connectivity index (χ0n) is 16.9. The maximum Gasteiger partial charge on any atom is 0.346 e. The highest BCUT2D eigenvalue weighted by Crippen LogP contribution is 2.10. The number of H-pyrrole nitrogens is 1. The van der Waals surface area contributed by atoms with E-state index in [0.29, 0.717) is 29.3 Å². The number of benzene rings is 2. The van der Waals surface area contributed by atoms with Crippen LogP contribution in [0.5, 0.6) is 0 Å². The number of rotatable bonds is 5. The Morgan fingerprint density at radius 2 is 1.72 bits per heavy atom. The molecule has 10 heteroatoms. The van der Waals surface area contributed by atoms with Gasteiger partial charge in [-0.2, -0.15) is 0 Å². The van der Waals surface area contributed by atoms with Gasteiger partial charge < -0.3 is 14.8 Å². The molecule has 0 radical (unpaired) electrons. The predicted molar refractivity (Wildman–Crippen MR) is 119 cm³/mol. The number of anilines is 1. The zero-order valence-corrected chi connectivity index (χ0v) is 17.7. The zero-order chi connectivity index (χ0) is 22.8. The maximum absolute atomic E-state index is 11.7. The smallest absolute Gasteiger partial charge is 0.346 e. The summed E-state index contributed by atoms with van der Waals surface area (Å²) in [4.78, 5) is 40.0. The lowest BCUT2D eigenvalue weighted by Gasteiger charge is -2.09. The second kappa shape index (κ2) is 11.7. The number of carbonyl (C=O) groups excluding carboxylic acids is 2. The Hall–Kier alpha value is -3.63. The molecule has 1 aromatic heterocycles. The number of esters is 1. The Bertz CT molecular complexity index is 1120. The Balaban J connectivity index is 0.000000181. The maximum atomic E-state index is 11.7. The van der Waals surface area contributed by atoms with Gasteiger partial charge in [-0.15, -0.1) is 0 Å². The topological polar surface area (TPSA) is 127 Å². The number of hydrogen-bond acceptors (Lipinski definition) is 7. The lowest BCUT2D eigenvalue weighted by atomic mass is 10.2. The molecule has 1 saturated heterocycles. The van der Waals surface area contributed by atoms with Gasteiger partial charge in [0.05, 0.1) is 23.0 Å². The summed E-state index contributed by atoms with van der Waals surface area (Å²) in [5, 5.41) is 2.56. The van der Waals surface area contributed by atoms with E-state index >= 15 is 0 Å². The molecule has 2 heterocycles. The average Bonchev–Trinajstić information content (AvgIpc) is 3.23. The molecule has 1 unspecified atom stereocenters. The van der Waals surface area contributed by atoms with Gasteiger partial charge in [0, 0.05) is 17.5 Å². The van der Waals surface area contributed by atoms with Gasteiger partial charge in [-0.1, -0.05) is 36.4 Å². The molecule has 1 aliphatic rings. The van der Waals surface area contributed by atoms with Crippen molar-refractivity contribution in [2.45, 2.75) is 5.44 Å². The minimum Gasteiger partial charge on any atom is -0.458 e. The van der Waals surface area contributed by atoms with Crippen LogP contribution in [0.25, 0.3) is 0 Å². The van der Waals surface area contributed by atoms with Gasteiger partial charge in [-0.25, -0.2) is 14.6 Å². The molecule has 0 spiro atoms. The number of ether oxygens (including phenoxy) is 2. The van der Waals surface area contributed by atoms with Crippen molar-refractivity contribution >= 4 is 28.5 Å². The number of carbonyl (C=O) groups is 2. The number of amides is 1. The first-order valence-corrected chi connectivity index (χ1v) is 11.0. The number of aromatic amines is 1. The SMILES string of the molecule is O=C(Nc1ccnc(=O)[nH]1)c1ccccc1.O=C(OC[C@@H]1OCCS1=O)c1ccccc1. The fourth-order valence-electron chi connectivity index (χ4n) is 2.62. The highest BCUT2D eigenvalue weighted by molar-refractivity contribution is 7.85. The summed E-state index contributed by atoms with van der Waals surface area (Å²) in [5.74, 6) is 0.164. The minimum atomic E-state index is -1.03. The summed E-state index contributed by atoms with van der Waals surface area (Å²) in [7, 11) is -1.03. The van der Waals surface area contributed by atoms with Crippen LogP contribution in [0.15, 0.2) is 77.7 Å². The summed E-state index contributed by atoms with van der Waals surface area (Å²) < 4.78 is 21.5. The van der Waals surface area contributed by atoms with Crippen molar-refractivity contribution < 1.29 is 23.3 Å². The molecular formula is C22H21N3O6S. The largest absolute Gasteiger partial charge is 0.458 e. The van der Waals surface area contributed by atoms with Crippen LogP contribution in [-0.2, 0) is 20.3 Å². The van der Waals surface area contributed by atoms with Crippen LogP contribution < -0.4 is 11.0 Å².